The Bertz CT molecular complexity index is 868. The zero-order chi connectivity index (χ0) is 18.0. The van der Waals surface area contributed by atoms with Gasteiger partial charge in [0.15, 0.2) is 17.5 Å². The van der Waals surface area contributed by atoms with Crippen LogP contribution in [-0.4, -0.2) is 16.9 Å². The van der Waals surface area contributed by atoms with Crippen LogP contribution in [0.1, 0.15) is 20.7 Å². The van der Waals surface area contributed by atoms with Crippen molar-refractivity contribution in [3.8, 4) is 5.75 Å². The SMILES string of the molecule is O=C([O-])c1cc(OC(=O)c2ccc(F)c(F)c2F)ccc1[N+](=O)[O-]. The monoisotopic (exact) mass is 340 g/mol. The molecule has 0 aliphatic rings. The van der Waals surface area contributed by atoms with Crippen molar-refractivity contribution in [1.29, 1.82) is 0 Å². The fourth-order valence-corrected chi connectivity index (χ4v) is 1.75. The van der Waals surface area contributed by atoms with Gasteiger partial charge >= 0.3 is 5.97 Å². The predicted molar refractivity (Wildman–Crippen MR) is 68.7 cm³/mol. The predicted octanol–water partition coefficient (Wildman–Crippen LogP) is 1.59. The van der Waals surface area contributed by atoms with Gasteiger partial charge in [-0.15, -0.1) is 0 Å². The van der Waals surface area contributed by atoms with Crippen molar-refractivity contribution in [3.63, 3.8) is 0 Å². The Hall–Kier alpha value is -3.43. The minimum atomic E-state index is -1.90. The number of hydrogen-bond donors (Lipinski definition) is 0. The third-order valence-electron chi connectivity index (χ3n) is 2.85. The molecule has 0 saturated carbocycles. The number of nitro benzene ring substituents is 1. The van der Waals surface area contributed by atoms with E-state index < -0.39 is 56.9 Å². The lowest BCUT2D eigenvalue weighted by Gasteiger charge is -2.09. The van der Waals surface area contributed by atoms with Gasteiger partial charge in [-0.05, 0) is 24.3 Å². The van der Waals surface area contributed by atoms with Crippen LogP contribution >= 0.6 is 0 Å². The summed E-state index contributed by atoms with van der Waals surface area (Å²) in [5, 5.41) is 21.5. The first-order chi connectivity index (χ1) is 11.2. The van der Waals surface area contributed by atoms with E-state index in [1.807, 2.05) is 0 Å². The summed E-state index contributed by atoms with van der Waals surface area (Å²) in [7, 11) is 0. The van der Waals surface area contributed by atoms with Crippen LogP contribution in [0, 0.1) is 27.6 Å². The molecule has 10 heteroatoms. The number of carbonyl (C=O) groups excluding carboxylic acids is 2. The number of carboxylic acid groups (broad SMARTS) is 1. The van der Waals surface area contributed by atoms with Crippen molar-refractivity contribution < 1.29 is 37.5 Å². The lowest BCUT2D eigenvalue weighted by molar-refractivity contribution is -0.385. The second-order valence-corrected chi connectivity index (χ2v) is 4.34. The second kappa shape index (κ2) is 6.36. The van der Waals surface area contributed by atoms with Crippen molar-refractivity contribution in [1.82, 2.24) is 0 Å². The van der Waals surface area contributed by atoms with E-state index in [2.05, 4.69) is 4.74 Å². The molecule has 0 aromatic heterocycles. The Morgan fingerprint density at radius 1 is 1.00 bits per heavy atom. The van der Waals surface area contributed by atoms with E-state index in [9.17, 15) is 38.0 Å². The highest BCUT2D eigenvalue weighted by Gasteiger charge is 2.22. The molecule has 0 amide bonds. The van der Waals surface area contributed by atoms with Crippen LogP contribution in [-0.2, 0) is 0 Å². The summed E-state index contributed by atoms with van der Waals surface area (Å²) in [6, 6.07) is 3.34. The third kappa shape index (κ3) is 3.16. The van der Waals surface area contributed by atoms with Crippen LogP contribution in [0.15, 0.2) is 30.3 Å². The number of halogens is 3. The maximum absolute atomic E-state index is 13.5. The molecule has 2 aromatic carbocycles. The van der Waals surface area contributed by atoms with E-state index in [1.165, 1.54) is 0 Å². The lowest BCUT2D eigenvalue weighted by atomic mass is 10.1. The van der Waals surface area contributed by atoms with E-state index in [1.54, 1.807) is 0 Å². The molecule has 7 nitrogen and oxygen atoms in total. The van der Waals surface area contributed by atoms with Gasteiger partial charge in [0, 0.05) is 6.07 Å². The van der Waals surface area contributed by atoms with E-state index in [4.69, 9.17) is 0 Å². The number of aromatic carboxylic acids is 1. The van der Waals surface area contributed by atoms with Crippen molar-refractivity contribution in [2.75, 3.05) is 0 Å². The molecule has 0 fully saturated rings. The standard InChI is InChI=1S/C14H6F3NO6/c15-9-3-2-7(11(16)12(9)17)14(21)24-6-1-4-10(18(22)23)8(5-6)13(19)20/h1-5H,(H,19,20)/p-1. The maximum atomic E-state index is 13.5. The Labute approximate surface area is 131 Å². The minimum Gasteiger partial charge on any atom is -0.545 e. The fourth-order valence-electron chi connectivity index (χ4n) is 1.75. The molecule has 0 atom stereocenters. The van der Waals surface area contributed by atoms with E-state index in [0.717, 1.165) is 12.1 Å². The molecule has 2 rings (SSSR count). The number of nitro groups is 1. The molecule has 0 saturated heterocycles. The molecule has 0 aliphatic carbocycles. The van der Waals surface area contributed by atoms with Crippen LogP contribution in [0.3, 0.4) is 0 Å². The molecule has 0 aliphatic heterocycles. The van der Waals surface area contributed by atoms with E-state index >= 15 is 0 Å². The number of nitrogens with zero attached hydrogens (tertiary/aromatic N) is 1. The summed E-state index contributed by atoms with van der Waals surface area (Å²) in [6.07, 6.45) is 0. The number of esters is 1. The van der Waals surface area contributed by atoms with Gasteiger partial charge in [-0.25, -0.2) is 18.0 Å². The summed E-state index contributed by atoms with van der Waals surface area (Å²) in [5.74, 6) is -9.04. The van der Waals surface area contributed by atoms with Crippen molar-refractivity contribution in [2.45, 2.75) is 0 Å². The smallest absolute Gasteiger partial charge is 0.346 e. The average Bonchev–Trinajstić information content (AvgIpc) is 2.52. The Balaban J connectivity index is 2.36. The van der Waals surface area contributed by atoms with Gasteiger partial charge in [-0.2, -0.15) is 0 Å². The summed E-state index contributed by atoms with van der Waals surface area (Å²) >= 11 is 0. The van der Waals surface area contributed by atoms with Crippen LogP contribution in [0.25, 0.3) is 0 Å². The molecular formula is C14H5F3NO6-. The highest BCUT2D eigenvalue weighted by Crippen LogP contribution is 2.25. The topological polar surface area (TPSA) is 110 Å². The molecule has 0 bridgehead atoms. The van der Waals surface area contributed by atoms with Crippen molar-refractivity contribution in [2.24, 2.45) is 0 Å². The minimum absolute atomic E-state index is 0.492. The molecule has 24 heavy (non-hydrogen) atoms. The van der Waals surface area contributed by atoms with Crippen LogP contribution < -0.4 is 9.84 Å². The van der Waals surface area contributed by atoms with Crippen LogP contribution in [0.2, 0.25) is 0 Å². The van der Waals surface area contributed by atoms with Gasteiger partial charge in [0.25, 0.3) is 5.69 Å². The quantitative estimate of drug-likeness (QED) is 0.275. The summed E-state index contributed by atoms with van der Waals surface area (Å²) in [5.41, 5.74) is -2.63. The Morgan fingerprint density at radius 2 is 1.67 bits per heavy atom. The number of carbonyl (C=O) groups is 2. The van der Waals surface area contributed by atoms with Crippen LogP contribution in [0.4, 0.5) is 18.9 Å². The lowest BCUT2D eigenvalue weighted by Crippen LogP contribution is -2.23. The Kier molecular flexibility index (Phi) is 4.49. The van der Waals surface area contributed by atoms with Gasteiger partial charge in [0.05, 0.1) is 22.0 Å². The second-order valence-electron chi connectivity index (χ2n) is 4.34. The van der Waals surface area contributed by atoms with Crippen molar-refractivity contribution in [3.05, 3.63) is 69.0 Å². The number of benzene rings is 2. The van der Waals surface area contributed by atoms with Crippen molar-refractivity contribution >= 4 is 17.6 Å². The normalized spacial score (nSPS) is 10.3. The highest BCUT2D eigenvalue weighted by molar-refractivity contribution is 5.93. The molecule has 0 unspecified atom stereocenters. The van der Waals surface area contributed by atoms with Gasteiger partial charge in [-0.3, -0.25) is 10.1 Å². The largest absolute Gasteiger partial charge is 0.545 e. The molecular weight excluding hydrogens is 335 g/mol. The number of rotatable bonds is 4. The molecule has 0 N–H and O–H groups in total. The first-order valence-corrected chi connectivity index (χ1v) is 6.08. The van der Waals surface area contributed by atoms with Crippen LogP contribution in [0.5, 0.6) is 5.75 Å². The highest BCUT2D eigenvalue weighted by atomic mass is 19.2. The maximum Gasteiger partial charge on any atom is 0.346 e. The summed E-state index contributed by atoms with van der Waals surface area (Å²) in [6.45, 7) is 0. The van der Waals surface area contributed by atoms with Gasteiger partial charge in [0.2, 0.25) is 0 Å². The first-order valence-electron chi connectivity index (χ1n) is 6.08. The molecule has 0 heterocycles. The zero-order valence-electron chi connectivity index (χ0n) is 11.4. The zero-order valence-corrected chi connectivity index (χ0v) is 11.4. The van der Waals surface area contributed by atoms with E-state index in [0.29, 0.717) is 18.2 Å². The fraction of sp³-hybridized carbons (Fsp3) is 0. The van der Waals surface area contributed by atoms with Gasteiger partial charge in [0.1, 0.15) is 5.75 Å². The summed E-state index contributed by atoms with van der Waals surface area (Å²) < 4.78 is 44.0. The summed E-state index contributed by atoms with van der Waals surface area (Å²) in [4.78, 5) is 32.3. The molecule has 0 spiro atoms. The van der Waals surface area contributed by atoms with Gasteiger partial charge in [-0.1, -0.05) is 0 Å². The first kappa shape index (κ1) is 16.9. The number of ether oxygens (including phenoxy) is 1. The van der Waals surface area contributed by atoms with E-state index in [-0.39, 0.29) is 0 Å². The number of carboxylic acids is 1. The number of hydrogen-bond acceptors (Lipinski definition) is 6. The van der Waals surface area contributed by atoms with Gasteiger partial charge < -0.3 is 14.6 Å². The average molecular weight is 340 g/mol. The molecule has 2 aromatic rings. The Morgan fingerprint density at radius 3 is 2.25 bits per heavy atom. The molecule has 0 radical (unpaired) electrons. The molecule has 124 valence electrons. The third-order valence-corrected chi connectivity index (χ3v) is 2.85.